The van der Waals surface area contributed by atoms with Crippen molar-refractivity contribution in [3.8, 4) is 0 Å². The number of nitrogens with zero attached hydrogens (tertiary/aromatic N) is 2. The van der Waals surface area contributed by atoms with E-state index in [4.69, 9.17) is 11.6 Å². The molecule has 1 N–H and O–H groups in total. The molecule has 1 atom stereocenters. The second-order valence-electron chi connectivity index (χ2n) is 9.93. The third-order valence-corrected chi connectivity index (χ3v) is 7.44. The van der Waals surface area contributed by atoms with Crippen molar-refractivity contribution >= 4 is 45.9 Å². The predicted octanol–water partition coefficient (Wildman–Crippen LogP) is 5.93. The first kappa shape index (κ1) is 23.6. The van der Waals surface area contributed by atoms with Crippen LogP contribution in [0, 0.1) is 0 Å². The minimum atomic E-state index is -1.28. The highest BCUT2D eigenvalue weighted by Gasteiger charge is 2.45. The molecule has 1 aliphatic heterocycles. The van der Waals surface area contributed by atoms with Gasteiger partial charge in [-0.1, -0.05) is 63.3 Å². The Kier molecular flexibility index (Phi) is 6.41. The molecule has 0 saturated heterocycles. The van der Waals surface area contributed by atoms with Crippen LogP contribution in [0.25, 0.3) is 10.9 Å². The highest BCUT2D eigenvalue weighted by atomic mass is 35.5. The number of halogens is 1. The van der Waals surface area contributed by atoms with Crippen LogP contribution in [0.15, 0.2) is 48.5 Å². The molecule has 1 unspecified atom stereocenters. The van der Waals surface area contributed by atoms with E-state index in [0.29, 0.717) is 27.5 Å². The fraction of sp³-hybridized carbons (Fsp3) is 0.393. The standard InChI is InChI=1S/C28H30ClN3O3/c1-17(2)18-9-12-22(13-10-18)31-25(26(33)30-21-7-5-3-4-6-8-21)28(35)32-23-14-11-20(29)15-19(23)16-24(32)27(31)34/h9-17,21,25H,3-8H2,1-2H3,(H,30,33). The van der Waals surface area contributed by atoms with E-state index in [2.05, 4.69) is 19.2 Å². The molecule has 5 rings (SSSR count). The summed E-state index contributed by atoms with van der Waals surface area (Å²) in [6, 6.07) is 13.1. The van der Waals surface area contributed by atoms with Crippen LogP contribution in [0.4, 0.5) is 5.69 Å². The van der Waals surface area contributed by atoms with Crippen LogP contribution >= 0.6 is 11.6 Å². The average molecular weight is 492 g/mol. The number of anilines is 1. The van der Waals surface area contributed by atoms with Gasteiger partial charge in [-0.05, 0) is 60.7 Å². The second-order valence-corrected chi connectivity index (χ2v) is 10.4. The van der Waals surface area contributed by atoms with Crippen LogP contribution in [0.5, 0.6) is 0 Å². The topological polar surface area (TPSA) is 71.4 Å². The van der Waals surface area contributed by atoms with E-state index in [0.717, 1.165) is 44.1 Å². The van der Waals surface area contributed by atoms with Crippen LogP contribution in [-0.4, -0.2) is 34.4 Å². The molecule has 0 radical (unpaired) electrons. The fourth-order valence-electron chi connectivity index (χ4n) is 5.27. The van der Waals surface area contributed by atoms with Gasteiger partial charge in [0.15, 0.2) is 6.04 Å². The molecule has 1 aromatic heterocycles. The number of hydrogen-bond acceptors (Lipinski definition) is 3. The molecule has 1 saturated carbocycles. The molecule has 3 aromatic rings. The van der Waals surface area contributed by atoms with E-state index in [9.17, 15) is 14.4 Å². The summed E-state index contributed by atoms with van der Waals surface area (Å²) in [5.74, 6) is -0.916. The van der Waals surface area contributed by atoms with Crippen molar-refractivity contribution in [3.63, 3.8) is 0 Å². The monoisotopic (exact) mass is 491 g/mol. The van der Waals surface area contributed by atoms with Crippen molar-refractivity contribution < 1.29 is 14.4 Å². The lowest BCUT2D eigenvalue weighted by Gasteiger charge is -2.35. The summed E-state index contributed by atoms with van der Waals surface area (Å²) in [4.78, 5) is 42.8. The van der Waals surface area contributed by atoms with Crippen molar-refractivity contribution in [2.75, 3.05) is 4.90 Å². The van der Waals surface area contributed by atoms with Gasteiger partial charge in [0, 0.05) is 22.1 Å². The van der Waals surface area contributed by atoms with Gasteiger partial charge in [0.05, 0.1) is 5.52 Å². The predicted molar refractivity (Wildman–Crippen MR) is 138 cm³/mol. The number of carbonyl (C=O) groups excluding carboxylic acids is 3. The number of carbonyl (C=O) groups is 3. The van der Waals surface area contributed by atoms with E-state index >= 15 is 0 Å². The molecule has 0 bridgehead atoms. The molecule has 2 aromatic carbocycles. The minimum absolute atomic E-state index is 0.0136. The molecule has 1 fully saturated rings. The number of rotatable bonds is 4. The van der Waals surface area contributed by atoms with Gasteiger partial charge >= 0.3 is 0 Å². The van der Waals surface area contributed by atoms with Crippen molar-refractivity contribution in [2.45, 2.75) is 70.4 Å². The average Bonchev–Trinajstić information content (AvgIpc) is 3.02. The summed E-state index contributed by atoms with van der Waals surface area (Å²) in [6.45, 7) is 4.19. The van der Waals surface area contributed by atoms with Gasteiger partial charge in [-0.15, -0.1) is 0 Å². The van der Waals surface area contributed by atoms with Crippen molar-refractivity contribution in [3.05, 3.63) is 64.8 Å². The van der Waals surface area contributed by atoms with E-state index in [1.54, 1.807) is 24.3 Å². The van der Waals surface area contributed by atoms with Crippen molar-refractivity contribution in [1.82, 2.24) is 9.88 Å². The first-order chi connectivity index (χ1) is 16.8. The van der Waals surface area contributed by atoms with Crippen molar-refractivity contribution in [2.24, 2.45) is 0 Å². The smallest absolute Gasteiger partial charge is 0.276 e. The Hall–Kier alpha value is -3.12. The molecule has 0 spiro atoms. The Labute approximate surface area is 210 Å². The Balaban J connectivity index is 1.59. The number of hydrogen-bond donors (Lipinski definition) is 1. The largest absolute Gasteiger partial charge is 0.351 e. The molecule has 182 valence electrons. The zero-order valence-electron chi connectivity index (χ0n) is 20.1. The number of fused-ring (bicyclic) bond motifs is 3. The third kappa shape index (κ3) is 4.36. The lowest BCUT2D eigenvalue weighted by molar-refractivity contribution is -0.122. The number of benzene rings is 2. The van der Waals surface area contributed by atoms with E-state index in [-0.39, 0.29) is 17.6 Å². The van der Waals surface area contributed by atoms with E-state index in [1.165, 1.54) is 9.47 Å². The van der Waals surface area contributed by atoms with Crippen LogP contribution in [0.1, 0.15) is 79.1 Å². The van der Waals surface area contributed by atoms with Gasteiger partial charge in [0.25, 0.3) is 17.7 Å². The fourth-order valence-corrected chi connectivity index (χ4v) is 5.45. The highest BCUT2D eigenvalue weighted by molar-refractivity contribution is 6.31. The normalized spacial score (nSPS) is 19.2. The van der Waals surface area contributed by atoms with E-state index < -0.39 is 17.9 Å². The minimum Gasteiger partial charge on any atom is -0.351 e. The zero-order valence-corrected chi connectivity index (χ0v) is 20.8. The lowest BCUT2D eigenvalue weighted by atomic mass is 10.0. The molecule has 6 nitrogen and oxygen atoms in total. The molecular weight excluding hydrogens is 462 g/mol. The quantitative estimate of drug-likeness (QED) is 0.363. The Morgan fingerprint density at radius 2 is 1.66 bits per heavy atom. The van der Waals surface area contributed by atoms with Gasteiger partial charge in [-0.25, -0.2) is 0 Å². The molecule has 7 heteroatoms. The number of nitrogens with one attached hydrogen (secondary N) is 1. The third-order valence-electron chi connectivity index (χ3n) is 7.20. The summed E-state index contributed by atoms with van der Waals surface area (Å²) >= 11 is 6.17. The highest BCUT2D eigenvalue weighted by Crippen LogP contribution is 2.32. The summed E-state index contributed by atoms with van der Waals surface area (Å²) in [5, 5.41) is 4.31. The number of aromatic nitrogens is 1. The first-order valence-electron chi connectivity index (χ1n) is 12.4. The number of amides is 2. The van der Waals surface area contributed by atoms with E-state index in [1.807, 2.05) is 24.3 Å². The lowest BCUT2D eigenvalue weighted by Crippen LogP contribution is -2.60. The van der Waals surface area contributed by atoms with Gasteiger partial charge in [-0.3, -0.25) is 23.9 Å². The maximum atomic E-state index is 13.9. The van der Waals surface area contributed by atoms with Crippen LogP contribution in [0.2, 0.25) is 5.02 Å². The first-order valence-corrected chi connectivity index (χ1v) is 12.8. The summed E-state index contributed by atoms with van der Waals surface area (Å²) in [7, 11) is 0. The maximum absolute atomic E-state index is 13.9. The molecular formula is C28H30ClN3O3. The molecule has 2 amide bonds. The molecule has 2 aliphatic rings. The van der Waals surface area contributed by atoms with Crippen LogP contribution < -0.4 is 10.2 Å². The Bertz CT molecular complexity index is 1290. The van der Waals surface area contributed by atoms with Gasteiger partial charge in [-0.2, -0.15) is 0 Å². The Morgan fingerprint density at radius 1 is 0.971 bits per heavy atom. The summed E-state index contributed by atoms with van der Waals surface area (Å²) < 4.78 is 1.38. The molecule has 2 heterocycles. The van der Waals surface area contributed by atoms with Gasteiger partial charge < -0.3 is 5.32 Å². The van der Waals surface area contributed by atoms with Crippen molar-refractivity contribution in [1.29, 1.82) is 0 Å². The maximum Gasteiger partial charge on any atom is 0.276 e. The van der Waals surface area contributed by atoms with Gasteiger partial charge in [0.1, 0.15) is 5.69 Å². The van der Waals surface area contributed by atoms with Crippen LogP contribution in [0.3, 0.4) is 0 Å². The molecule has 35 heavy (non-hydrogen) atoms. The second kappa shape index (κ2) is 9.50. The SMILES string of the molecule is CC(C)c1ccc(N2C(=O)c3cc4cc(Cl)ccc4n3C(=O)C2C(=O)NC2CCCCCC2)cc1. The van der Waals surface area contributed by atoms with Crippen LogP contribution in [-0.2, 0) is 4.79 Å². The Morgan fingerprint density at radius 3 is 2.31 bits per heavy atom. The molecule has 1 aliphatic carbocycles. The summed E-state index contributed by atoms with van der Waals surface area (Å²) in [6.07, 6.45) is 6.19. The summed E-state index contributed by atoms with van der Waals surface area (Å²) in [5.41, 5.74) is 2.46. The van der Waals surface area contributed by atoms with Gasteiger partial charge in [0.2, 0.25) is 0 Å². The zero-order chi connectivity index (χ0) is 24.7.